The second kappa shape index (κ2) is 4.71. The third-order valence-corrected chi connectivity index (χ3v) is 3.14. The van der Waals surface area contributed by atoms with E-state index in [0.717, 1.165) is 5.69 Å². The summed E-state index contributed by atoms with van der Waals surface area (Å²) >= 11 is 4.62. The lowest BCUT2D eigenvalue weighted by Gasteiger charge is -2.01. The summed E-state index contributed by atoms with van der Waals surface area (Å²) in [4.78, 5) is 19.9. The summed E-state index contributed by atoms with van der Waals surface area (Å²) in [6, 6.07) is 3.32. The zero-order chi connectivity index (χ0) is 11.5. The van der Waals surface area contributed by atoms with Crippen LogP contribution in [0, 0.1) is 6.92 Å². The van der Waals surface area contributed by atoms with Crippen molar-refractivity contribution in [2.75, 3.05) is 5.32 Å². The van der Waals surface area contributed by atoms with E-state index in [2.05, 4.69) is 31.2 Å². The minimum absolute atomic E-state index is 0.183. The molecule has 0 atom stereocenters. The van der Waals surface area contributed by atoms with Gasteiger partial charge in [0, 0.05) is 17.1 Å². The number of halogens is 1. The molecule has 0 saturated heterocycles. The van der Waals surface area contributed by atoms with E-state index in [4.69, 9.17) is 0 Å². The summed E-state index contributed by atoms with van der Waals surface area (Å²) in [6.45, 7) is 1.88. The minimum Gasteiger partial charge on any atom is -0.298 e. The third-order valence-electron chi connectivity index (χ3n) is 1.83. The van der Waals surface area contributed by atoms with Crippen LogP contribution in [0.2, 0.25) is 0 Å². The molecular formula is C10H8BrN3OS. The van der Waals surface area contributed by atoms with Gasteiger partial charge in [-0.25, -0.2) is 9.97 Å². The molecule has 2 heterocycles. The van der Waals surface area contributed by atoms with Gasteiger partial charge in [-0.3, -0.25) is 10.1 Å². The largest absolute Gasteiger partial charge is 0.298 e. The number of hydrogen-bond donors (Lipinski definition) is 1. The number of aryl methyl sites for hydroxylation is 1. The van der Waals surface area contributed by atoms with E-state index in [0.29, 0.717) is 15.3 Å². The molecule has 4 nitrogen and oxygen atoms in total. The molecular weight excluding hydrogens is 290 g/mol. The van der Waals surface area contributed by atoms with Crippen molar-refractivity contribution in [2.24, 2.45) is 0 Å². The van der Waals surface area contributed by atoms with Crippen LogP contribution in [0.5, 0.6) is 0 Å². The first-order valence-electron chi connectivity index (χ1n) is 4.50. The first-order valence-corrected chi connectivity index (χ1v) is 6.17. The maximum atomic E-state index is 11.8. The Morgan fingerprint density at radius 2 is 2.38 bits per heavy atom. The maximum Gasteiger partial charge on any atom is 0.257 e. The molecule has 1 amide bonds. The molecule has 82 valence electrons. The summed E-state index contributed by atoms with van der Waals surface area (Å²) in [5.74, 6) is -0.183. The van der Waals surface area contributed by atoms with E-state index < -0.39 is 0 Å². The molecule has 0 aliphatic heterocycles. The van der Waals surface area contributed by atoms with Crippen molar-refractivity contribution in [1.29, 1.82) is 0 Å². The highest BCUT2D eigenvalue weighted by atomic mass is 79.9. The molecule has 0 unspecified atom stereocenters. The number of aromatic nitrogens is 2. The van der Waals surface area contributed by atoms with Crippen LogP contribution >= 0.6 is 27.3 Å². The van der Waals surface area contributed by atoms with Crippen molar-refractivity contribution in [2.45, 2.75) is 6.92 Å². The Bertz CT molecular complexity index is 526. The topological polar surface area (TPSA) is 54.9 Å². The highest BCUT2D eigenvalue weighted by Crippen LogP contribution is 2.16. The average Bonchev–Trinajstić information content (AvgIpc) is 2.64. The van der Waals surface area contributed by atoms with Crippen LogP contribution in [-0.4, -0.2) is 15.9 Å². The number of thiazole rings is 1. The summed E-state index contributed by atoms with van der Waals surface area (Å²) in [5, 5.41) is 5.22. The van der Waals surface area contributed by atoms with Crippen molar-refractivity contribution in [3.63, 3.8) is 0 Å². The van der Waals surface area contributed by atoms with Crippen molar-refractivity contribution in [3.05, 3.63) is 39.6 Å². The molecule has 6 heteroatoms. The number of pyridine rings is 1. The van der Waals surface area contributed by atoms with Crippen LogP contribution in [-0.2, 0) is 0 Å². The maximum absolute atomic E-state index is 11.8. The van der Waals surface area contributed by atoms with Gasteiger partial charge >= 0.3 is 0 Å². The first kappa shape index (κ1) is 11.2. The standard InChI is InChI=1S/C10H8BrN3OS/c1-6-5-16-10(13-6)14-9(15)7-2-3-12-8(11)4-7/h2-5H,1H3,(H,13,14,15). The Morgan fingerprint density at radius 1 is 1.56 bits per heavy atom. The Hall–Kier alpha value is -1.27. The molecule has 0 aromatic carbocycles. The van der Waals surface area contributed by atoms with Gasteiger partial charge in [-0.1, -0.05) is 0 Å². The van der Waals surface area contributed by atoms with Gasteiger partial charge in [-0.05, 0) is 35.0 Å². The molecule has 0 fully saturated rings. The van der Waals surface area contributed by atoms with Crippen LogP contribution in [0.4, 0.5) is 5.13 Å². The molecule has 1 N–H and O–H groups in total. The molecule has 0 saturated carbocycles. The van der Waals surface area contributed by atoms with Crippen LogP contribution in [0.1, 0.15) is 16.1 Å². The zero-order valence-corrected chi connectivity index (χ0v) is 10.8. The van der Waals surface area contributed by atoms with Gasteiger partial charge in [0.1, 0.15) is 4.60 Å². The highest BCUT2D eigenvalue weighted by molar-refractivity contribution is 9.10. The van der Waals surface area contributed by atoms with E-state index in [1.165, 1.54) is 11.3 Å². The second-order valence-corrected chi connectivity index (χ2v) is 4.79. The fourth-order valence-corrected chi connectivity index (χ4v) is 2.17. The van der Waals surface area contributed by atoms with Crippen LogP contribution < -0.4 is 5.32 Å². The van der Waals surface area contributed by atoms with E-state index in [1.807, 2.05) is 12.3 Å². The number of rotatable bonds is 2. The van der Waals surface area contributed by atoms with Crippen molar-refractivity contribution < 1.29 is 4.79 Å². The molecule has 2 aromatic rings. The van der Waals surface area contributed by atoms with Gasteiger partial charge in [0.2, 0.25) is 0 Å². The molecule has 0 radical (unpaired) electrons. The van der Waals surface area contributed by atoms with Gasteiger partial charge in [0.05, 0.1) is 5.69 Å². The van der Waals surface area contributed by atoms with Crippen molar-refractivity contribution >= 4 is 38.3 Å². The van der Waals surface area contributed by atoms with Gasteiger partial charge < -0.3 is 0 Å². The lowest BCUT2D eigenvalue weighted by atomic mass is 10.2. The number of carbonyl (C=O) groups excluding carboxylic acids is 1. The predicted molar refractivity (Wildman–Crippen MR) is 66.7 cm³/mol. The highest BCUT2D eigenvalue weighted by Gasteiger charge is 2.08. The molecule has 16 heavy (non-hydrogen) atoms. The fraction of sp³-hybridized carbons (Fsp3) is 0.100. The summed E-state index contributed by atoms with van der Waals surface area (Å²) in [6.07, 6.45) is 1.58. The van der Waals surface area contributed by atoms with E-state index in [1.54, 1.807) is 18.3 Å². The Labute approximate surface area is 105 Å². The Balaban J connectivity index is 2.14. The minimum atomic E-state index is -0.183. The van der Waals surface area contributed by atoms with E-state index >= 15 is 0 Å². The average molecular weight is 298 g/mol. The molecule has 0 aliphatic rings. The molecule has 2 aromatic heterocycles. The normalized spacial score (nSPS) is 10.1. The Kier molecular flexibility index (Phi) is 3.31. The molecule has 0 spiro atoms. The Morgan fingerprint density at radius 3 is 3.00 bits per heavy atom. The number of hydrogen-bond acceptors (Lipinski definition) is 4. The number of nitrogens with one attached hydrogen (secondary N) is 1. The first-order chi connectivity index (χ1) is 7.65. The quantitative estimate of drug-likeness (QED) is 0.867. The summed E-state index contributed by atoms with van der Waals surface area (Å²) < 4.78 is 0.635. The second-order valence-electron chi connectivity index (χ2n) is 3.12. The summed E-state index contributed by atoms with van der Waals surface area (Å²) in [5.41, 5.74) is 1.45. The van der Waals surface area contributed by atoms with Crippen molar-refractivity contribution in [1.82, 2.24) is 9.97 Å². The van der Waals surface area contributed by atoms with Crippen molar-refractivity contribution in [3.8, 4) is 0 Å². The molecule has 0 bridgehead atoms. The number of carbonyl (C=O) groups is 1. The van der Waals surface area contributed by atoms with Crippen LogP contribution in [0.25, 0.3) is 0 Å². The van der Waals surface area contributed by atoms with Gasteiger partial charge in [-0.15, -0.1) is 11.3 Å². The van der Waals surface area contributed by atoms with Gasteiger partial charge in [-0.2, -0.15) is 0 Å². The lowest BCUT2D eigenvalue weighted by Crippen LogP contribution is -2.11. The number of anilines is 1. The number of nitrogens with zero attached hydrogens (tertiary/aromatic N) is 2. The zero-order valence-electron chi connectivity index (χ0n) is 8.40. The summed E-state index contributed by atoms with van der Waals surface area (Å²) in [7, 11) is 0. The fourth-order valence-electron chi connectivity index (χ4n) is 1.12. The smallest absolute Gasteiger partial charge is 0.257 e. The monoisotopic (exact) mass is 297 g/mol. The van der Waals surface area contributed by atoms with Crippen LogP contribution in [0.15, 0.2) is 28.3 Å². The third kappa shape index (κ3) is 2.65. The van der Waals surface area contributed by atoms with Gasteiger partial charge in [0.25, 0.3) is 5.91 Å². The lowest BCUT2D eigenvalue weighted by molar-refractivity contribution is 0.102. The molecule has 0 aliphatic carbocycles. The number of amides is 1. The van der Waals surface area contributed by atoms with Crippen LogP contribution in [0.3, 0.4) is 0 Å². The SMILES string of the molecule is Cc1csc(NC(=O)c2ccnc(Br)c2)n1. The molecule has 2 rings (SSSR count). The van der Waals surface area contributed by atoms with E-state index in [-0.39, 0.29) is 5.91 Å². The predicted octanol–water partition coefficient (Wildman–Crippen LogP) is 2.86. The van der Waals surface area contributed by atoms with E-state index in [9.17, 15) is 4.79 Å². The van der Waals surface area contributed by atoms with Gasteiger partial charge in [0.15, 0.2) is 5.13 Å².